The zero-order valence-corrected chi connectivity index (χ0v) is 36.6. The van der Waals surface area contributed by atoms with E-state index in [1.165, 1.54) is 12.2 Å². The molecule has 4 N–H and O–H groups in total. The van der Waals surface area contributed by atoms with Gasteiger partial charge in [0, 0.05) is 77.3 Å². The van der Waals surface area contributed by atoms with E-state index in [1.54, 1.807) is 37.5 Å². The van der Waals surface area contributed by atoms with Gasteiger partial charge >= 0.3 is 5.97 Å². The first-order chi connectivity index (χ1) is 28.9. The number of aliphatic imine (C=N–C) groups is 1. The molecule has 0 bridgehead atoms. The summed E-state index contributed by atoms with van der Waals surface area (Å²) >= 11 is 2.21. The first-order valence-electron chi connectivity index (χ1n) is 18.9. The Balaban J connectivity index is 1.59. The lowest BCUT2D eigenvalue weighted by Gasteiger charge is -2.31. The van der Waals surface area contributed by atoms with Crippen molar-refractivity contribution in [3.63, 3.8) is 0 Å². The fourth-order valence-corrected chi connectivity index (χ4v) is 7.56. The van der Waals surface area contributed by atoms with Crippen LogP contribution in [0.1, 0.15) is 55.1 Å². The van der Waals surface area contributed by atoms with Crippen molar-refractivity contribution in [3.8, 4) is 0 Å². The van der Waals surface area contributed by atoms with E-state index in [2.05, 4.69) is 31.0 Å². The first kappa shape index (κ1) is 47.8. The van der Waals surface area contributed by atoms with Gasteiger partial charge in [-0.25, -0.2) is 9.86 Å². The molecule has 0 radical (unpaired) electrons. The number of nitrogens with one attached hydrogen (secondary N) is 1. The summed E-state index contributed by atoms with van der Waals surface area (Å²) in [6.07, 6.45) is 18.7. The number of hydroxylamine groups is 4. The summed E-state index contributed by atoms with van der Waals surface area (Å²) in [5.74, 6) is -0.0611. The third-order valence-electron chi connectivity index (χ3n) is 10.2. The summed E-state index contributed by atoms with van der Waals surface area (Å²) in [7, 11) is 2.98. The van der Waals surface area contributed by atoms with Gasteiger partial charge in [0.25, 0.3) is 18.7 Å². The number of hydrogen-bond donors (Lipinski definition) is 4. The van der Waals surface area contributed by atoms with E-state index in [0.29, 0.717) is 60.1 Å². The van der Waals surface area contributed by atoms with Gasteiger partial charge in [0.1, 0.15) is 0 Å². The summed E-state index contributed by atoms with van der Waals surface area (Å²) < 4.78 is 28.5. The molecule has 17 heteroatoms. The van der Waals surface area contributed by atoms with Crippen molar-refractivity contribution in [3.05, 3.63) is 131 Å². The number of carbonyl (C=O) groups is 4. The molecule has 60 heavy (non-hydrogen) atoms. The molecule has 1 unspecified atom stereocenters. The average molecular weight is 878 g/mol. The first-order valence-corrected chi connectivity index (χ1v) is 21.6. The van der Waals surface area contributed by atoms with Crippen LogP contribution in [0.2, 0.25) is 0 Å². The second-order valence-corrected chi connectivity index (χ2v) is 16.1. The van der Waals surface area contributed by atoms with Crippen molar-refractivity contribution in [1.29, 1.82) is 0 Å². The highest BCUT2D eigenvalue weighted by atomic mass is 32.2. The van der Waals surface area contributed by atoms with Gasteiger partial charge in [0.05, 0.1) is 30.2 Å². The van der Waals surface area contributed by atoms with E-state index in [0.717, 1.165) is 64.3 Å². The standard InChI is InChI=1S/C43H51N5O9S3/c1-42(2)34(25-32(40(51)46(4)56-5)27-44-21-11-23-58-53)28-45-38(42)13-9-7-6-8-10-14-39-43(3,33-17-15-31(16-18-33)41(52)57-47(29-49)30-50)36-26-35(60-55)19-20-37(36)48(39)22-12-24-59-54/h6-10,13-20,25-27,29-30,44,53-55H,11-12,21-24,28H2,1-5H3/b7-6+,10-8+,13-9+,32-27+,34-25+,39-14+. The molecule has 0 saturated carbocycles. The molecule has 3 amide bonds. The average Bonchev–Trinajstić information content (AvgIpc) is 3.68. The molecule has 2 aliphatic heterocycles. The summed E-state index contributed by atoms with van der Waals surface area (Å²) in [5.41, 5.74) is 4.83. The molecule has 2 aromatic rings. The van der Waals surface area contributed by atoms with E-state index in [4.69, 9.17) is 19.2 Å². The van der Waals surface area contributed by atoms with Gasteiger partial charge in [0.15, 0.2) is 0 Å². The van der Waals surface area contributed by atoms with Crippen molar-refractivity contribution in [2.45, 2.75) is 43.9 Å². The van der Waals surface area contributed by atoms with Gasteiger partial charge in [-0.2, -0.15) is 0 Å². The van der Waals surface area contributed by atoms with Gasteiger partial charge in [-0.15, -0.1) is 5.06 Å². The van der Waals surface area contributed by atoms with E-state index in [9.17, 15) is 28.3 Å². The Kier molecular flexibility index (Phi) is 18.5. The minimum absolute atomic E-state index is 0.0954. The van der Waals surface area contributed by atoms with Crippen LogP contribution in [0.4, 0.5) is 5.69 Å². The second kappa shape index (κ2) is 23.2. The number of anilines is 1. The molecule has 0 saturated heterocycles. The van der Waals surface area contributed by atoms with Gasteiger partial charge in [-0.05, 0) is 109 Å². The zero-order valence-electron chi connectivity index (χ0n) is 34.1. The van der Waals surface area contributed by atoms with Gasteiger partial charge in [-0.1, -0.05) is 56.4 Å². The van der Waals surface area contributed by atoms with Crippen molar-refractivity contribution < 1.29 is 42.5 Å². The number of likely N-dealkylation sites (N-methyl/N-ethyl adjacent to an activating group) is 1. The predicted octanol–water partition coefficient (Wildman–Crippen LogP) is 7.71. The van der Waals surface area contributed by atoms with Crippen LogP contribution in [0, 0.1) is 5.41 Å². The number of nitrogens with zero attached hydrogens (tertiary/aromatic N) is 4. The lowest BCUT2D eigenvalue weighted by molar-refractivity contribution is -0.163. The Morgan fingerprint density at radius 1 is 0.950 bits per heavy atom. The Morgan fingerprint density at radius 2 is 1.63 bits per heavy atom. The van der Waals surface area contributed by atoms with Crippen molar-refractivity contribution >= 4 is 72.2 Å². The smallest absolute Gasteiger partial charge is 0.363 e. The summed E-state index contributed by atoms with van der Waals surface area (Å²) in [5, 5.41) is 4.58. The molecule has 0 aliphatic carbocycles. The Bertz CT molecular complexity index is 2060. The number of amides is 3. The largest absolute Gasteiger partial charge is 0.390 e. The molecule has 0 spiro atoms. The molecule has 2 heterocycles. The van der Waals surface area contributed by atoms with E-state index in [1.807, 2.05) is 66.8 Å². The molecule has 2 aromatic carbocycles. The Labute approximate surface area is 364 Å². The topological polar surface area (TPSA) is 182 Å². The van der Waals surface area contributed by atoms with Crippen LogP contribution in [0.3, 0.4) is 0 Å². The van der Waals surface area contributed by atoms with Crippen molar-refractivity contribution in [1.82, 2.24) is 15.4 Å². The van der Waals surface area contributed by atoms with Gasteiger partial charge in [0.2, 0.25) is 0 Å². The van der Waals surface area contributed by atoms with E-state index in [-0.39, 0.29) is 29.4 Å². The van der Waals surface area contributed by atoms with Crippen molar-refractivity contribution in [2.24, 2.45) is 10.4 Å². The maximum absolute atomic E-state index is 13.1. The summed E-state index contributed by atoms with van der Waals surface area (Å²) in [6.45, 7) is 7.83. The van der Waals surface area contributed by atoms with Crippen LogP contribution in [-0.2, 0) is 29.5 Å². The molecule has 2 aliphatic rings. The van der Waals surface area contributed by atoms with Crippen LogP contribution in [-0.4, -0.2) is 99.5 Å². The Hall–Kier alpha value is -4.88. The number of hydrogen-bond acceptors (Lipinski definition) is 15. The van der Waals surface area contributed by atoms with Gasteiger partial charge < -0.3 is 28.7 Å². The molecular weight excluding hydrogens is 827 g/mol. The zero-order chi connectivity index (χ0) is 43.7. The summed E-state index contributed by atoms with van der Waals surface area (Å²) in [4.78, 5) is 65.3. The monoisotopic (exact) mass is 877 g/mol. The van der Waals surface area contributed by atoms with E-state index < -0.39 is 16.8 Å². The van der Waals surface area contributed by atoms with Crippen LogP contribution in [0.25, 0.3) is 0 Å². The number of benzene rings is 2. The minimum Gasteiger partial charge on any atom is -0.390 e. The number of allylic oxidation sites excluding steroid dienone is 8. The van der Waals surface area contributed by atoms with Gasteiger partial charge in [-0.3, -0.25) is 24.2 Å². The third-order valence-corrected chi connectivity index (χ3v) is 11.6. The molecular formula is C43H51N5O9S3. The fourth-order valence-electron chi connectivity index (χ4n) is 6.73. The maximum Gasteiger partial charge on any atom is 0.363 e. The lowest BCUT2D eigenvalue weighted by Crippen LogP contribution is -2.30. The lowest BCUT2D eigenvalue weighted by atomic mass is 9.75. The van der Waals surface area contributed by atoms with Crippen LogP contribution < -0.4 is 10.2 Å². The Morgan fingerprint density at radius 3 is 2.30 bits per heavy atom. The molecule has 0 fully saturated rings. The van der Waals surface area contributed by atoms with E-state index >= 15 is 0 Å². The summed E-state index contributed by atoms with van der Waals surface area (Å²) in [6, 6.07) is 12.5. The SMILES string of the molecule is CON(C)C(=O)C(/C=C1\CN=C(/C=C/C=C/C=C/C=C2/N(CCCSO)c3ccc(SO)cc3C2(C)c2ccc(C(=O)ON(C=O)C=O)cc2)C1(C)C)=C/NCCCSO. The fraction of sp³-hybridized carbons (Fsp3) is 0.326. The minimum atomic E-state index is -0.873. The number of carbonyl (C=O) groups excluding carboxylic acids is 4. The van der Waals surface area contributed by atoms with Crippen molar-refractivity contribution in [2.75, 3.05) is 50.2 Å². The highest BCUT2D eigenvalue weighted by molar-refractivity contribution is 7.94. The maximum atomic E-state index is 13.1. The molecule has 1 atom stereocenters. The molecule has 4 rings (SSSR count). The van der Waals surface area contributed by atoms with Crippen LogP contribution in [0.5, 0.6) is 0 Å². The predicted molar refractivity (Wildman–Crippen MR) is 239 cm³/mol. The van der Waals surface area contributed by atoms with Crippen LogP contribution >= 0.6 is 36.1 Å². The number of imide groups is 1. The number of fused-ring (bicyclic) bond motifs is 1. The highest BCUT2D eigenvalue weighted by Crippen LogP contribution is 2.52. The molecule has 320 valence electrons. The highest BCUT2D eigenvalue weighted by Gasteiger charge is 2.45. The second-order valence-electron chi connectivity index (χ2n) is 14.2. The van der Waals surface area contributed by atoms with Crippen LogP contribution in [0.15, 0.2) is 124 Å². The molecule has 14 nitrogen and oxygen atoms in total. The third kappa shape index (κ3) is 11.7. The quantitative estimate of drug-likeness (QED) is 0.0226. The number of rotatable bonds is 22. The molecule has 0 aromatic heterocycles. The normalized spacial score (nSPS) is 18.8.